The van der Waals surface area contributed by atoms with Crippen molar-refractivity contribution in [3.05, 3.63) is 58.1 Å². The molecule has 1 aliphatic heterocycles. The molecule has 3 rings (SSSR count). The van der Waals surface area contributed by atoms with Crippen LogP contribution in [0.2, 0.25) is 5.02 Å². The summed E-state index contributed by atoms with van der Waals surface area (Å²) in [6.07, 6.45) is -0.515. The third-order valence-electron chi connectivity index (χ3n) is 5.73. The van der Waals surface area contributed by atoms with E-state index in [2.05, 4.69) is 62.6 Å². The molecule has 5 heteroatoms. The molecular weight excluding hydrogens is 396 g/mol. The molecule has 1 N–H and O–H groups in total. The van der Waals surface area contributed by atoms with Gasteiger partial charge >= 0.3 is 0 Å². The van der Waals surface area contributed by atoms with Gasteiger partial charge < -0.3 is 14.7 Å². The molecule has 2 aromatic rings. The topological polar surface area (TPSA) is 35.9 Å². The van der Waals surface area contributed by atoms with E-state index in [1.165, 1.54) is 22.4 Å². The number of hydrogen-bond donors (Lipinski definition) is 1. The van der Waals surface area contributed by atoms with Gasteiger partial charge in [-0.2, -0.15) is 0 Å². The third kappa shape index (κ3) is 5.90. The van der Waals surface area contributed by atoms with Crippen LogP contribution >= 0.6 is 11.6 Å². The minimum atomic E-state index is -0.515. The van der Waals surface area contributed by atoms with Crippen molar-refractivity contribution in [2.45, 2.75) is 46.1 Å². The Labute approximate surface area is 186 Å². The van der Waals surface area contributed by atoms with E-state index in [1.54, 1.807) is 0 Å². The summed E-state index contributed by atoms with van der Waals surface area (Å²) in [5.74, 6) is 0.869. The molecule has 0 aromatic heterocycles. The average Bonchev–Trinajstić information content (AvgIpc) is 2.69. The van der Waals surface area contributed by atoms with Crippen molar-refractivity contribution in [3.63, 3.8) is 0 Å². The number of ether oxygens (including phenoxy) is 1. The zero-order valence-corrected chi connectivity index (χ0v) is 19.7. The van der Waals surface area contributed by atoms with Gasteiger partial charge in [0.25, 0.3) is 0 Å². The maximum absolute atomic E-state index is 10.6. The molecule has 0 aliphatic carbocycles. The number of rotatable bonds is 6. The summed E-state index contributed by atoms with van der Waals surface area (Å²) >= 11 is 6.18. The van der Waals surface area contributed by atoms with E-state index in [0.717, 1.165) is 37.0 Å². The van der Waals surface area contributed by atoms with E-state index >= 15 is 0 Å². The van der Waals surface area contributed by atoms with Crippen molar-refractivity contribution in [2.24, 2.45) is 0 Å². The normalized spacial score (nSPS) is 16.6. The number of β-amino-alcohol motifs (C(OH)–C–C–N with tert-alkyl or cyclic N) is 1. The highest BCUT2D eigenvalue weighted by atomic mass is 35.5. The summed E-state index contributed by atoms with van der Waals surface area (Å²) in [7, 11) is 0. The second kappa shape index (κ2) is 9.59. The van der Waals surface area contributed by atoms with Gasteiger partial charge in [-0.1, -0.05) is 56.1 Å². The fraction of sp³-hybridized carbons (Fsp3) is 0.520. The number of piperazine rings is 1. The SMILES string of the molecule is Cc1ccc(OC[C@H](O)CN2CCN(c3cc(Cl)ccc3C)CC2)c(C(C)(C)C)c1. The predicted molar refractivity (Wildman–Crippen MR) is 126 cm³/mol. The number of halogens is 1. The maximum Gasteiger partial charge on any atom is 0.123 e. The van der Waals surface area contributed by atoms with Crippen LogP contribution in [-0.4, -0.2) is 55.4 Å². The summed E-state index contributed by atoms with van der Waals surface area (Å²) in [6, 6.07) is 12.3. The lowest BCUT2D eigenvalue weighted by Crippen LogP contribution is -2.49. The van der Waals surface area contributed by atoms with Crippen LogP contribution in [0.3, 0.4) is 0 Å². The number of benzene rings is 2. The van der Waals surface area contributed by atoms with Crippen LogP contribution in [0.15, 0.2) is 36.4 Å². The number of nitrogens with zero attached hydrogens (tertiary/aromatic N) is 2. The van der Waals surface area contributed by atoms with Crippen molar-refractivity contribution in [1.29, 1.82) is 0 Å². The largest absolute Gasteiger partial charge is 0.491 e. The molecule has 0 bridgehead atoms. The van der Waals surface area contributed by atoms with Gasteiger partial charge in [0.15, 0.2) is 0 Å². The fourth-order valence-corrected chi connectivity index (χ4v) is 4.15. The molecule has 4 nitrogen and oxygen atoms in total. The molecule has 1 heterocycles. The molecule has 2 aromatic carbocycles. The first-order valence-corrected chi connectivity index (χ1v) is 11.2. The lowest BCUT2D eigenvalue weighted by atomic mass is 9.85. The second-order valence-corrected chi connectivity index (χ2v) is 9.87. The smallest absolute Gasteiger partial charge is 0.123 e. The number of aliphatic hydroxyl groups excluding tert-OH is 1. The molecule has 0 saturated carbocycles. The second-order valence-electron chi connectivity index (χ2n) is 9.43. The van der Waals surface area contributed by atoms with Crippen LogP contribution in [-0.2, 0) is 5.41 Å². The van der Waals surface area contributed by atoms with Crippen LogP contribution in [0.1, 0.15) is 37.5 Å². The fourth-order valence-electron chi connectivity index (χ4n) is 3.99. The van der Waals surface area contributed by atoms with E-state index < -0.39 is 6.10 Å². The molecule has 0 radical (unpaired) electrons. The van der Waals surface area contributed by atoms with Gasteiger partial charge in [0.05, 0.1) is 0 Å². The first-order chi connectivity index (χ1) is 14.1. The Morgan fingerprint density at radius 1 is 1.03 bits per heavy atom. The quantitative estimate of drug-likeness (QED) is 0.712. The zero-order chi connectivity index (χ0) is 21.9. The average molecular weight is 431 g/mol. The monoisotopic (exact) mass is 430 g/mol. The van der Waals surface area contributed by atoms with Crippen LogP contribution in [0.25, 0.3) is 0 Å². The van der Waals surface area contributed by atoms with Gasteiger partial charge in [0.1, 0.15) is 18.5 Å². The molecule has 0 unspecified atom stereocenters. The first kappa shape index (κ1) is 22.9. The summed E-state index contributed by atoms with van der Waals surface area (Å²) in [6.45, 7) is 15.4. The van der Waals surface area contributed by atoms with E-state index in [0.29, 0.717) is 13.2 Å². The molecule has 1 fully saturated rings. The van der Waals surface area contributed by atoms with Gasteiger partial charge in [0, 0.05) is 43.4 Å². The van der Waals surface area contributed by atoms with Crippen molar-refractivity contribution >= 4 is 17.3 Å². The summed E-state index contributed by atoms with van der Waals surface area (Å²) in [5.41, 5.74) is 4.86. The summed E-state index contributed by atoms with van der Waals surface area (Å²) < 4.78 is 6.04. The highest BCUT2D eigenvalue weighted by Crippen LogP contribution is 2.32. The van der Waals surface area contributed by atoms with E-state index in [-0.39, 0.29) is 5.41 Å². The Kier molecular flexibility index (Phi) is 7.33. The standard InChI is InChI=1S/C25H35ClN2O2/c1-18-6-9-24(22(14-18)25(3,4)5)30-17-21(29)16-27-10-12-28(13-11-27)23-15-20(26)8-7-19(23)2/h6-9,14-15,21,29H,10-13,16-17H2,1-5H3/t21-/m1/s1. The van der Waals surface area contributed by atoms with Crippen LogP contribution in [0.4, 0.5) is 5.69 Å². The van der Waals surface area contributed by atoms with Gasteiger partial charge in [-0.15, -0.1) is 0 Å². The summed E-state index contributed by atoms with van der Waals surface area (Å²) in [5, 5.41) is 11.4. The minimum absolute atomic E-state index is 0.00109. The van der Waals surface area contributed by atoms with E-state index in [9.17, 15) is 5.11 Å². The predicted octanol–water partition coefficient (Wildman–Crippen LogP) is 4.82. The van der Waals surface area contributed by atoms with Crippen molar-refractivity contribution < 1.29 is 9.84 Å². The number of hydrogen-bond acceptors (Lipinski definition) is 4. The van der Waals surface area contributed by atoms with Crippen LogP contribution in [0.5, 0.6) is 5.75 Å². The molecule has 30 heavy (non-hydrogen) atoms. The summed E-state index contributed by atoms with van der Waals surface area (Å²) in [4.78, 5) is 4.69. The Morgan fingerprint density at radius 2 is 1.73 bits per heavy atom. The number of aryl methyl sites for hydroxylation is 2. The van der Waals surface area contributed by atoms with E-state index in [1.807, 2.05) is 18.2 Å². The van der Waals surface area contributed by atoms with Crippen molar-refractivity contribution in [2.75, 3.05) is 44.2 Å². The highest BCUT2D eigenvalue weighted by molar-refractivity contribution is 6.30. The Hall–Kier alpha value is -1.75. The van der Waals surface area contributed by atoms with Crippen molar-refractivity contribution in [1.82, 2.24) is 4.90 Å². The van der Waals surface area contributed by atoms with Gasteiger partial charge in [-0.05, 0) is 48.6 Å². The van der Waals surface area contributed by atoms with Gasteiger partial charge in [-0.3, -0.25) is 4.90 Å². The molecule has 1 aliphatic rings. The lowest BCUT2D eigenvalue weighted by molar-refractivity contribution is 0.0656. The molecule has 0 spiro atoms. The lowest BCUT2D eigenvalue weighted by Gasteiger charge is -2.37. The third-order valence-corrected chi connectivity index (χ3v) is 5.96. The molecule has 164 valence electrons. The van der Waals surface area contributed by atoms with Gasteiger partial charge in [0.2, 0.25) is 0 Å². The Balaban J connectivity index is 1.51. The van der Waals surface area contributed by atoms with Crippen LogP contribution < -0.4 is 9.64 Å². The minimum Gasteiger partial charge on any atom is -0.491 e. The highest BCUT2D eigenvalue weighted by Gasteiger charge is 2.22. The Morgan fingerprint density at radius 3 is 2.40 bits per heavy atom. The molecular formula is C25H35ClN2O2. The Bertz CT molecular complexity index is 855. The molecule has 1 atom stereocenters. The number of anilines is 1. The van der Waals surface area contributed by atoms with Gasteiger partial charge in [-0.25, -0.2) is 0 Å². The van der Waals surface area contributed by atoms with Crippen LogP contribution in [0, 0.1) is 13.8 Å². The molecule has 1 saturated heterocycles. The maximum atomic E-state index is 10.6. The number of aliphatic hydroxyl groups is 1. The first-order valence-electron chi connectivity index (χ1n) is 10.8. The zero-order valence-electron chi connectivity index (χ0n) is 18.9. The molecule has 0 amide bonds. The van der Waals surface area contributed by atoms with E-state index in [4.69, 9.17) is 16.3 Å². The van der Waals surface area contributed by atoms with Crippen molar-refractivity contribution in [3.8, 4) is 5.75 Å².